The van der Waals surface area contributed by atoms with Crippen molar-refractivity contribution in [3.05, 3.63) is 29.0 Å². The van der Waals surface area contributed by atoms with E-state index in [9.17, 15) is 4.39 Å². The molecule has 0 aliphatic rings. The van der Waals surface area contributed by atoms with Gasteiger partial charge in [0.2, 0.25) is 0 Å². The molecule has 0 unspecified atom stereocenters. The summed E-state index contributed by atoms with van der Waals surface area (Å²) < 4.78 is 18.6. The van der Waals surface area contributed by atoms with Gasteiger partial charge < -0.3 is 10.1 Å². The minimum absolute atomic E-state index is 0.294. The van der Waals surface area contributed by atoms with E-state index in [-0.39, 0.29) is 5.82 Å². The monoisotopic (exact) mass is 245 g/mol. The lowest BCUT2D eigenvalue weighted by Gasteiger charge is -2.08. The molecule has 0 fully saturated rings. The molecule has 90 valence electrons. The lowest BCUT2D eigenvalue weighted by molar-refractivity contribution is 0.141. The average Bonchev–Trinajstić information content (AvgIpc) is 2.28. The van der Waals surface area contributed by atoms with E-state index in [1.807, 2.05) is 0 Å². The molecule has 0 saturated heterocycles. The van der Waals surface area contributed by atoms with Gasteiger partial charge in [0.05, 0.1) is 12.3 Å². The van der Waals surface area contributed by atoms with E-state index >= 15 is 0 Å². The maximum absolute atomic E-state index is 13.2. The molecular formula is C12H17ClFNO. The topological polar surface area (TPSA) is 21.3 Å². The van der Waals surface area contributed by atoms with E-state index in [2.05, 4.69) is 12.2 Å². The molecule has 1 aromatic carbocycles. The van der Waals surface area contributed by atoms with E-state index in [1.54, 1.807) is 6.07 Å². The first kappa shape index (κ1) is 13.3. The van der Waals surface area contributed by atoms with E-state index in [4.69, 9.17) is 16.3 Å². The molecule has 0 spiro atoms. The zero-order valence-corrected chi connectivity index (χ0v) is 10.2. The third-order valence-corrected chi connectivity index (χ3v) is 2.37. The maximum Gasteiger partial charge on any atom is 0.146 e. The predicted octanol–water partition coefficient (Wildman–Crippen LogP) is 3.71. The standard InChI is InChI=1S/C12H17ClFNO/c1-2-3-7-16-8-6-15-12-9-10(13)4-5-11(12)14/h4-5,9,15H,2-3,6-8H2,1H3. The Balaban J connectivity index is 2.23. The Morgan fingerprint density at radius 1 is 1.38 bits per heavy atom. The highest BCUT2D eigenvalue weighted by Crippen LogP contribution is 2.18. The number of hydrogen-bond acceptors (Lipinski definition) is 2. The molecule has 0 radical (unpaired) electrons. The zero-order chi connectivity index (χ0) is 11.8. The summed E-state index contributed by atoms with van der Waals surface area (Å²) in [5.74, 6) is -0.294. The van der Waals surface area contributed by atoms with Crippen molar-refractivity contribution in [1.82, 2.24) is 0 Å². The number of unbranched alkanes of at least 4 members (excludes halogenated alkanes) is 1. The van der Waals surface area contributed by atoms with Gasteiger partial charge in [0.1, 0.15) is 5.82 Å². The summed E-state index contributed by atoms with van der Waals surface area (Å²) in [6.07, 6.45) is 2.18. The molecule has 0 bridgehead atoms. The van der Waals surface area contributed by atoms with Gasteiger partial charge in [-0.05, 0) is 24.6 Å². The van der Waals surface area contributed by atoms with Gasteiger partial charge in [-0.2, -0.15) is 0 Å². The minimum Gasteiger partial charge on any atom is -0.380 e. The normalized spacial score (nSPS) is 10.4. The number of ether oxygens (including phenoxy) is 1. The summed E-state index contributed by atoms with van der Waals surface area (Å²) in [6, 6.07) is 4.45. The van der Waals surface area contributed by atoms with Gasteiger partial charge in [-0.3, -0.25) is 0 Å². The summed E-state index contributed by atoms with van der Waals surface area (Å²) in [6.45, 7) is 4.03. The molecule has 1 N–H and O–H groups in total. The quantitative estimate of drug-likeness (QED) is 0.740. The van der Waals surface area contributed by atoms with Crippen LogP contribution >= 0.6 is 11.6 Å². The highest BCUT2D eigenvalue weighted by Gasteiger charge is 2.01. The number of rotatable bonds is 7. The SMILES string of the molecule is CCCCOCCNc1cc(Cl)ccc1F. The fraction of sp³-hybridized carbons (Fsp3) is 0.500. The number of nitrogens with one attached hydrogen (secondary N) is 1. The van der Waals surface area contributed by atoms with Gasteiger partial charge in [-0.15, -0.1) is 0 Å². The molecular weight excluding hydrogens is 229 g/mol. The van der Waals surface area contributed by atoms with Crippen LogP contribution in [0.1, 0.15) is 19.8 Å². The van der Waals surface area contributed by atoms with Crippen LogP contribution in [0.3, 0.4) is 0 Å². The van der Waals surface area contributed by atoms with Crippen LogP contribution in [-0.4, -0.2) is 19.8 Å². The Morgan fingerprint density at radius 3 is 2.94 bits per heavy atom. The van der Waals surface area contributed by atoms with Gasteiger partial charge in [-0.1, -0.05) is 24.9 Å². The molecule has 0 atom stereocenters. The molecule has 0 heterocycles. The average molecular weight is 246 g/mol. The molecule has 1 aromatic rings. The van der Waals surface area contributed by atoms with Crippen molar-refractivity contribution in [1.29, 1.82) is 0 Å². The Kier molecular flexibility index (Phi) is 6.19. The molecule has 2 nitrogen and oxygen atoms in total. The summed E-state index contributed by atoms with van der Waals surface area (Å²) in [7, 11) is 0. The van der Waals surface area contributed by atoms with Gasteiger partial charge in [0.25, 0.3) is 0 Å². The molecule has 0 amide bonds. The second-order valence-corrected chi connectivity index (χ2v) is 3.95. The molecule has 1 rings (SSSR count). The van der Waals surface area contributed by atoms with Crippen LogP contribution in [-0.2, 0) is 4.74 Å². The minimum atomic E-state index is -0.294. The maximum atomic E-state index is 13.2. The van der Waals surface area contributed by atoms with Crippen LogP contribution in [0.15, 0.2) is 18.2 Å². The summed E-state index contributed by atoms with van der Waals surface area (Å²) in [4.78, 5) is 0. The van der Waals surface area contributed by atoms with Crippen molar-refractivity contribution in [2.45, 2.75) is 19.8 Å². The van der Waals surface area contributed by atoms with Gasteiger partial charge in [0.15, 0.2) is 0 Å². The van der Waals surface area contributed by atoms with E-state index in [1.165, 1.54) is 12.1 Å². The highest BCUT2D eigenvalue weighted by atomic mass is 35.5. The number of hydrogen-bond donors (Lipinski definition) is 1. The van der Waals surface area contributed by atoms with Crippen molar-refractivity contribution in [2.24, 2.45) is 0 Å². The Labute approximate surface area is 101 Å². The van der Waals surface area contributed by atoms with Crippen molar-refractivity contribution in [3.8, 4) is 0 Å². The number of halogens is 2. The van der Waals surface area contributed by atoms with E-state index in [0.717, 1.165) is 19.4 Å². The highest BCUT2D eigenvalue weighted by molar-refractivity contribution is 6.30. The molecule has 4 heteroatoms. The summed E-state index contributed by atoms with van der Waals surface area (Å²) in [5.41, 5.74) is 0.423. The fourth-order valence-corrected chi connectivity index (χ4v) is 1.41. The Bertz CT molecular complexity index is 320. The Hall–Kier alpha value is -0.800. The molecule has 0 saturated carbocycles. The van der Waals surface area contributed by atoms with E-state index in [0.29, 0.717) is 23.9 Å². The second-order valence-electron chi connectivity index (χ2n) is 3.52. The molecule has 16 heavy (non-hydrogen) atoms. The van der Waals surface area contributed by atoms with Crippen molar-refractivity contribution < 1.29 is 9.13 Å². The van der Waals surface area contributed by atoms with Crippen molar-refractivity contribution in [3.63, 3.8) is 0 Å². The van der Waals surface area contributed by atoms with Crippen LogP contribution in [0, 0.1) is 5.82 Å². The van der Waals surface area contributed by atoms with E-state index < -0.39 is 0 Å². The van der Waals surface area contributed by atoms with Crippen molar-refractivity contribution in [2.75, 3.05) is 25.1 Å². The van der Waals surface area contributed by atoms with Gasteiger partial charge in [-0.25, -0.2) is 4.39 Å². The lowest BCUT2D eigenvalue weighted by Crippen LogP contribution is -2.10. The molecule has 0 aliphatic carbocycles. The number of benzene rings is 1. The molecule has 0 aliphatic heterocycles. The van der Waals surface area contributed by atoms with Crippen LogP contribution in [0.2, 0.25) is 5.02 Å². The summed E-state index contributed by atoms with van der Waals surface area (Å²) in [5, 5.41) is 3.47. The zero-order valence-electron chi connectivity index (χ0n) is 9.43. The second kappa shape index (κ2) is 7.47. The van der Waals surface area contributed by atoms with Crippen LogP contribution < -0.4 is 5.32 Å². The van der Waals surface area contributed by atoms with Crippen LogP contribution in [0.4, 0.5) is 10.1 Å². The first-order chi connectivity index (χ1) is 7.74. The first-order valence-corrected chi connectivity index (χ1v) is 5.88. The number of anilines is 1. The predicted molar refractivity (Wildman–Crippen MR) is 65.6 cm³/mol. The van der Waals surface area contributed by atoms with Gasteiger partial charge >= 0.3 is 0 Å². The third-order valence-electron chi connectivity index (χ3n) is 2.13. The largest absolute Gasteiger partial charge is 0.380 e. The van der Waals surface area contributed by atoms with Crippen LogP contribution in [0.5, 0.6) is 0 Å². The summed E-state index contributed by atoms with van der Waals surface area (Å²) >= 11 is 5.76. The Morgan fingerprint density at radius 2 is 2.19 bits per heavy atom. The first-order valence-electron chi connectivity index (χ1n) is 5.50. The van der Waals surface area contributed by atoms with Crippen LogP contribution in [0.25, 0.3) is 0 Å². The smallest absolute Gasteiger partial charge is 0.146 e. The molecule has 0 aromatic heterocycles. The third kappa shape index (κ3) is 4.81. The fourth-order valence-electron chi connectivity index (χ4n) is 1.24. The van der Waals surface area contributed by atoms with Crippen molar-refractivity contribution >= 4 is 17.3 Å². The van der Waals surface area contributed by atoms with Gasteiger partial charge in [0, 0.05) is 18.2 Å². The lowest BCUT2D eigenvalue weighted by atomic mass is 10.3.